The Morgan fingerprint density at radius 1 is 1.33 bits per heavy atom. The lowest BCUT2D eigenvalue weighted by Crippen LogP contribution is -2.25. The Morgan fingerprint density at radius 3 is 2.47 bits per heavy atom. The number of rotatable bonds is 8. The fourth-order valence-electron chi connectivity index (χ4n) is 1.27. The van der Waals surface area contributed by atoms with Gasteiger partial charge in [-0.1, -0.05) is 19.4 Å². The minimum absolute atomic E-state index is 0.0125. The number of carbonyl (C=O) groups is 1. The third kappa shape index (κ3) is 8.09. The molecule has 88 valence electrons. The van der Waals surface area contributed by atoms with Gasteiger partial charge in [0.25, 0.3) is 0 Å². The largest absolute Gasteiger partial charge is 0.342 e. The average Bonchev–Trinajstić information content (AvgIpc) is 2.21. The van der Waals surface area contributed by atoms with Gasteiger partial charge in [0, 0.05) is 20.0 Å². The average molecular weight is 219 g/mol. The van der Waals surface area contributed by atoms with E-state index in [1.165, 1.54) is 6.08 Å². The van der Waals surface area contributed by atoms with Crippen molar-refractivity contribution in [2.24, 2.45) is 0 Å². The Morgan fingerprint density at radius 2 is 1.93 bits per heavy atom. The molecule has 0 fully saturated rings. The number of unbranched alkanes of at least 4 members (excludes halogenated alkanes) is 3. The molecule has 0 saturated carbocycles. The highest BCUT2D eigenvalue weighted by atomic mass is 19.3. The summed E-state index contributed by atoms with van der Waals surface area (Å²) in [5.74, 6) is -0.0948. The third-order valence-corrected chi connectivity index (χ3v) is 2.22. The van der Waals surface area contributed by atoms with E-state index in [-0.39, 0.29) is 12.3 Å². The van der Waals surface area contributed by atoms with Crippen molar-refractivity contribution >= 4 is 5.91 Å². The van der Waals surface area contributed by atoms with Crippen LogP contribution in [0, 0.1) is 0 Å². The second-order valence-corrected chi connectivity index (χ2v) is 3.56. The summed E-state index contributed by atoms with van der Waals surface area (Å²) in [6.45, 7) is 4.05. The number of hydrogen-bond acceptors (Lipinski definition) is 1. The maximum absolute atomic E-state index is 11.8. The Labute approximate surface area is 90.0 Å². The Hall–Kier alpha value is -0.930. The summed E-state index contributed by atoms with van der Waals surface area (Å²) in [7, 11) is 1.71. The molecular weight excluding hydrogens is 200 g/mol. The second kappa shape index (κ2) is 8.38. The number of likely N-dealkylation sites (N-methyl/N-ethyl adjacent to an activating group) is 1. The molecule has 0 spiro atoms. The number of halogens is 2. The van der Waals surface area contributed by atoms with Crippen LogP contribution in [-0.2, 0) is 4.79 Å². The maximum atomic E-state index is 11.8. The molecule has 15 heavy (non-hydrogen) atoms. The van der Waals surface area contributed by atoms with Crippen LogP contribution in [0.25, 0.3) is 0 Å². The summed E-state index contributed by atoms with van der Waals surface area (Å²) in [4.78, 5) is 12.6. The van der Waals surface area contributed by atoms with Crippen molar-refractivity contribution in [3.63, 3.8) is 0 Å². The first-order chi connectivity index (χ1) is 7.07. The quantitative estimate of drug-likeness (QED) is 0.454. The molecule has 0 aromatic carbocycles. The highest BCUT2D eigenvalue weighted by Crippen LogP contribution is 2.09. The van der Waals surface area contributed by atoms with E-state index >= 15 is 0 Å². The van der Waals surface area contributed by atoms with E-state index in [2.05, 4.69) is 6.58 Å². The third-order valence-electron chi connectivity index (χ3n) is 2.22. The van der Waals surface area contributed by atoms with Crippen molar-refractivity contribution in [2.75, 3.05) is 13.6 Å². The number of nitrogens with zero attached hydrogens (tertiary/aromatic N) is 1. The van der Waals surface area contributed by atoms with Gasteiger partial charge in [0.2, 0.25) is 12.3 Å². The van der Waals surface area contributed by atoms with Gasteiger partial charge in [0.05, 0.1) is 0 Å². The molecule has 0 aliphatic carbocycles. The lowest BCUT2D eigenvalue weighted by Gasteiger charge is -2.14. The number of alkyl halides is 2. The minimum Gasteiger partial charge on any atom is -0.342 e. The van der Waals surface area contributed by atoms with Gasteiger partial charge in [-0.25, -0.2) is 8.78 Å². The first kappa shape index (κ1) is 14.1. The van der Waals surface area contributed by atoms with Gasteiger partial charge in [0.15, 0.2) is 0 Å². The van der Waals surface area contributed by atoms with Gasteiger partial charge in [0.1, 0.15) is 0 Å². The summed E-state index contributed by atoms with van der Waals surface area (Å²) in [5.41, 5.74) is 0. The van der Waals surface area contributed by atoms with Crippen molar-refractivity contribution in [3.8, 4) is 0 Å². The van der Waals surface area contributed by atoms with E-state index in [1.54, 1.807) is 11.9 Å². The van der Waals surface area contributed by atoms with Crippen molar-refractivity contribution in [1.82, 2.24) is 4.90 Å². The second-order valence-electron chi connectivity index (χ2n) is 3.56. The van der Waals surface area contributed by atoms with E-state index in [0.717, 1.165) is 19.3 Å². The topological polar surface area (TPSA) is 20.3 Å². The molecule has 0 unspecified atom stereocenters. The first-order valence-electron chi connectivity index (χ1n) is 5.23. The highest BCUT2D eigenvalue weighted by molar-refractivity contribution is 5.86. The molecule has 0 aliphatic heterocycles. The van der Waals surface area contributed by atoms with Gasteiger partial charge < -0.3 is 4.90 Å². The van der Waals surface area contributed by atoms with Crippen LogP contribution in [0.15, 0.2) is 12.7 Å². The Bertz CT molecular complexity index is 195. The summed E-state index contributed by atoms with van der Waals surface area (Å²) >= 11 is 0. The van der Waals surface area contributed by atoms with Crippen molar-refractivity contribution in [3.05, 3.63) is 12.7 Å². The molecule has 0 bridgehead atoms. The van der Waals surface area contributed by atoms with E-state index in [1.807, 2.05) is 0 Å². The van der Waals surface area contributed by atoms with Crippen molar-refractivity contribution in [2.45, 2.75) is 38.5 Å². The minimum atomic E-state index is -2.19. The zero-order valence-corrected chi connectivity index (χ0v) is 9.22. The van der Waals surface area contributed by atoms with Gasteiger partial charge >= 0.3 is 0 Å². The monoisotopic (exact) mass is 219 g/mol. The van der Waals surface area contributed by atoms with Gasteiger partial charge in [-0.3, -0.25) is 4.79 Å². The van der Waals surface area contributed by atoms with E-state index < -0.39 is 6.43 Å². The molecular formula is C11H19F2NO. The SMILES string of the molecule is C=CC(=O)N(C)CCCCCCC(F)F. The number of hydrogen-bond donors (Lipinski definition) is 0. The lowest BCUT2D eigenvalue weighted by molar-refractivity contribution is -0.124. The van der Waals surface area contributed by atoms with Crippen LogP contribution >= 0.6 is 0 Å². The van der Waals surface area contributed by atoms with Crippen molar-refractivity contribution < 1.29 is 13.6 Å². The van der Waals surface area contributed by atoms with Crippen LogP contribution in [0.4, 0.5) is 8.78 Å². The fourth-order valence-corrected chi connectivity index (χ4v) is 1.27. The van der Waals surface area contributed by atoms with Gasteiger partial charge in [-0.15, -0.1) is 0 Å². The Balaban J connectivity index is 3.31. The summed E-state index contributed by atoms with van der Waals surface area (Å²) in [6.07, 6.45) is 2.20. The molecule has 1 amide bonds. The van der Waals surface area contributed by atoms with Gasteiger partial charge in [-0.2, -0.15) is 0 Å². The Kier molecular flexibility index (Phi) is 7.86. The van der Waals surface area contributed by atoms with E-state index in [9.17, 15) is 13.6 Å². The van der Waals surface area contributed by atoms with Gasteiger partial charge in [-0.05, 0) is 18.9 Å². The lowest BCUT2D eigenvalue weighted by atomic mass is 10.1. The zero-order chi connectivity index (χ0) is 11.7. The maximum Gasteiger partial charge on any atom is 0.245 e. The highest BCUT2D eigenvalue weighted by Gasteiger charge is 2.04. The predicted octanol–water partition coefficient (Wildman–Crippen LogP) is 2.85. The predicted molar refractivity (Wildman–Crippen MR) is 56.9 cm³/mol. The normalized spacial score (nSPS) is 10.4. The van der Waals surface area contributed by atoms with E-state index in [4.69, 9.17) is 0 Å². The zero-order valence-electron chi connectivity index (χ0n) is 9.22. The molecule has 0 saturated heterocycles. The summed E-state index contributed by atoms with van der Waals surface area (Å²) in [6, 6.07) is 0. The smallest absolute Gasteiger partial charge is 0.245 e. The number of carbonyl (C=O) groups excluding carboxylic acids is 1. The number of amides is 1. The molecule has 0 rings (SSSR count). The van der Waals surface area contributed by atoms with E-state index in [0.29, 0.717) is 13.0 Å². The molecule has 0 N–H and O–H groups in total. The summed E-state index contributed by atoms with van der Waals surface area (Å²) in [5, 5.41) is 0. The molecule has 0 aromatic rings. The van der Waals surface area contributed by atoms with Crippen LogP contribution in [0.2, 0.25) is 0 Å². The van der Waals surface area contributed by atoms with Crippen LogP contribution in [-0.4, -0.2) is 30.8 Å². The fraction of sp³-hybridized carbons (Fsp3) is 0.727. The first-order valence-corrected chi connectivity index (χ1v) is 5.23. The standard InChI is InChI=1S/C11H19F2NO/c1-3-11(15)14(2)9-7-5-4-6-8-10(12)13/h3,10H,1,4-9H2,2H3. The molecule has 0 atom stereocenters. The molecule has 0 radical (unpaired) electrons. The van der Waals surface area contributed by atoms with Crippen molar-refractivity contribution in [1.29, 1.82) is 0 Å². The molecule has 0 aliphatic rings. The molecule has 0 aromatic heterocycles. The molecule has 4 heteroatoms. The molecule has 2 nitrogen and oxygen atoms in total. The summed E-state index contributed by atoms with van der Waals surface area (Å²) < 4.78 is 23.5. The van der Waals surface area contributed by atoms with Crippen LogP contribution in [0.3, 0.4) is 0 Å². The van der Waals surface area contributed by atoms with Crippen LogP contribution in [0.1, 0.15) is 32.1 Å². The van der Waals surface area contributed by atoms with Crippen LogP contribution in [0.5, 0.6) is 0 Å². The molecule has 0 heterocycles. The van der Waals surface area contributed by atoms with Crippen LogP contribution < -0.4 is 0 Å².